The van der Waals surface area contributed by atoms with Gasteiger partial charge in [-0.15, -0.1) is 0 Å². The van der Waals surface area contributed by atoms with E-state index in [4.69, 9.17) is 9.47 Å². The molecular weight excluding hydrogens is 316 g/mol. The number of allylic oxidation sites excluding steroid dienone is 1. The number of pyridine rings is 1. The zero-order valence-electron chi connectivity index (χ0n) is 14.0. The van der Waals surface area contributed by atoms with Crippen LogP contribution >= 0.6 is 0 Å². The van der Waals surface area contributed by atoms with Gasteiger partial charge in [0.05, 0.1) is 11.3 Å². The van der Waals surface area contributed by atoms with Crippen molar-refractivity contribution in [3.63, 3.8) is 0 Å². The van der Waals surface area contributed by atoms with E-state index < -0.39 is 0 Å². The summed E-state index contributed by atoms with van der Waals surface area (Å²) in [5.41, 5.74) is 3.31. The number of ketones is 1. The Balaban J connectivity index is 1.52. The van der Waals surface area contributed by atoms with Crippen LogP contribution < -0.4 is 9.47 Å². The summed E-state index contributed by atoms with van der Waals surface area (Å²) in [5.74, 6) is 1.71. The molecule has 0 radical (unpaired) electrons. The maximum Gasteiger partial charge on any atom is 0.232 e. The highest BCUT2D eigenvalue weighted by atomic mass is 16.5. The molecule has 5 rings (SSSR count). The van der Waals surface area contributed by atoms with Crippen molar-refractivity contribution in [2.45, 2.75) is 32.4 Å². The molecule has 25 heavy (non-hydrogen) atoms. The summed E-state index contributed by atoms with van der Waals surface area (Å²) in [4.78, 5) is 19.4. The molecule has 126 valence electrons. The zero-order valence-corrected chi connectivity index (χ0v) is 14.0. The van der Waals surface area contributed by atoms with Gasteiger partial charge in [-0.25, -0.2) is 0 Å². The summed E-state index contributed by atoms with van der Waals surface area (Å²) < 4.78 is 11.9. The van der Waals surface area contributed by atoms with Gasteiger partial charge in [0.1, 0.15) is 18.2 Å². The molecule has 2 aliphatic heterocycles. The minimum absolute atomic E-state index is 0.0879. The number of carbonyl (C=O) groups is 1. The maximum atomic E-state index is 12.8. The Hall–Kier alpha value is -2.66. The van der Waals surface area contributed by atoms with E-state index in [0.29, 0.717) is 35.5 Å². The highest BCUT2D eigenvalue weighted by Crippen LogP contribution is 2.44. The number of carbonyl (C=O) groups excluding carboxylic acids is 1. The van der Waals surface area contributed by atoms with E-state index in [2.05, 4.69) is 9.88 Å². The Labute approximate surface area is 145 Å². The van der Waals surface area contributed by atoms with E-state index >= 15 is 0 Å². The molecule has 0 N–H and O–H groups in total. The molecule has 1 aliphatic carbocycles. The molecule has 0 spiro atoms. The summed E-state index contributed by atoms with van der Waals surface area (Å²) in [5, 5.41) is 0. The number of benzene rings is 1. The second-order valence-corrected chi connectivity index (χ2v) is 6.81. The molecule has 1 aromatic heterocycles. The van der Waals surface area contributed by atoms with Gasteiger partial charge in [0.2, 0.25) is 5.78 Å². The van der Waals surface area contributed by atoms with Gasteiger partial charge in [-0.3, -0.25) is 14.7 Å². The molecule has 0 unspecified atom stereocenters. The van der Waals surface area contributed by atoms with Crippen molar-refractivity contribution in [1.29, 1.82) is 0 Å². The Morgan fingerprint density at radius 2 is 2.16 bits per heavy atom. The number of nitrogens with zero attached hydrogens (tertiary/aromatic N) is 2. The van der Waals surface area contributed by atoms with Crippen molar-refractivity contribution < 1.29 is 14.3 Å². The largest absolute Gasteiger partial charge is 0.477 e. The zero-order chi connectivity index (χ0) is 17.0. The Bertz CT molecular complexity index is 901. The summed E-state index contributed by atoms with van der Waals surface area (Å²) in [7, 11) is 0. The van der Waals surface area contributed by atoms with Crippen molar-refractivity contribution in [2.75, 3.05) is 6.73 Å². The van der Waals surface area contributed by atoms with Crippen LogP contribution in [0.2, 0.25) is 0 Å². The van der Waals surface area contributed by atoms with Gasteiger partial charge >= 0.3 is 0 Å². The van der Waals surface area contributed by atoms with Crippen molar-refractivity contribution in [3.8, 4) is 11.5 Å². The van der Waals surface area contributed by atoms with Crippen LogP contribution in [0.1, 0.15) is 40.0 Å². The average Bonchev–Trinajstić information content (AvgIpc) is 3.44. The van der Waals surface area contributed by atoms with Crippen LogP contribution in [-0.2, 0) is 6.54 Å². The number of Topliss-reactive ketones (excluding diaryl/α,β-unsaturated/α-hetero) is 1. The summed E-state index contributed by atoms with van der Waals surface area (Å²) in [6, 6.07) is 8.15. The number of hydrogen-bond donors (Lipinski definition) is 0. The van der Waals surface area contributed by atoms with Crippen LogP contribution in [0.15, 0.2) is 36.2 Å². The third-order valence-corrected chi connectivity index (χ3v) is 4.99. The van der Waals surface area contributed by atoms with Gasteiger partial charge < -0.3 is 9.47 Å². The molecule has 5 nitrogen and oxygen atoms in total. The van der Waals surface area contributed by atoms with E-state index in [-0.39, 0.29) is 5.78 Å². The fourth-order valence-electron chi connectivity index (χ4n) is 3.54. The second-order valence-electron chi connectivity index (χ2n) is 6.81. The van der Waals surface area contributed by atoms with Crippen molar-refractivity contribution in [1.82, 2.24) is 9.88 Å². The van der Waals surface area contributed by atoms with Crippen LogP contribution in [0.5, 0.6) is 11.5 Å². The van der Waals surface area contributed by atoms with Crippen LogP contribution in [-0.4, -0.2) is 28.4 Å². The predicted molar refractivity (Wildman–Crippen MR) is 92.4 cm³/mol. The van der Waals surface area contributed by atoms with Crippen molar-refractivity contribution in [2.24, 2.45) is 0 Å². The number of hydrogen-bond acceptors (Lipinski definition) is 5. The van der Waals surface area contributed by atoms with Crippen LogP contribution in [0.4, 0.5) is 0 Å². The first-order valence-corrected chi connectivity index (χ1v) is 8.59. The monoisotopic (exact) mass is 334 g/mol. The molecule has 3 aliphatic rings. The SMILES string of the molecule is Cc1c2c(cc3c1O/C(=C\c1ccccn1)C3=O)CN(C1CC1)CO2. The topological polar surface area (TPSA) is 51.7 Å². The first-order valence-electron chi connectivity index (χ1n) is 8.59. The van der Waals surface area contributed by atoms with Crippen LogP contribution in [0.3, 0.4) is 0 Å². The molecule has 0 saturated heterocycles. The van der Waals surface area contributed by atoms with E-state index in [0.717, 1.165) is 23.4 Å². The van der Waals surface area contributed by atoms with Gasteiger partial charge in [0.15, 0.2) is 5.76 Å². The average molecular weight is 334 g/mol. The van der Waals surface area contributed by atoms with Crippen LogP contribution in [0.25, 0.3) is 6.08 Å². The van der Waals surface area contributed by atoms with Crippen LogP contribution in [0, 0.1) is 6.92 Å². The van der Waals surface area contributed by atoms with Gasteiger partial charge in [-0.05, 0) is 38.0 Å². The smallest absolute Gasteiger partial charge is 0.232 e. The van der Waals surface area contributed by atoms with Crippen molar-refractivity contribution >= 4 is 11.9 Å². The van der Waals surface area contributed by atoms with Gasteiger partial charge in [-0.2, -0.15) is 0 Å². The molecule has 0 atom stereocenters. The number of fused-ring (bicyclic) bond motifs is 2. The fraction of sp³-hybridized carbons (Fsp3) is 0.300. The van der Waals surface area contributed by atoms with E-state index in [9.17, 15) is 4.79 Å². The van der Waals surface area contributed by atoms with E-state index in [1.807, 2.05) is 31.2 Å². The highest BCUT2D eigenvalue weighted by molar-refractivity contribution is 6.15. The quantitative estimate of drug-likeness (QED) is 0.789. The Morgan fingerprint density at radius 3 is 2.92 bits per heavy atom. The Morgan fingerprint density at radius 1 is 1.28 bits per heavy atom. The molecule has 3 heterocycles. The molecule has 2 aromatic rings. The predicted octanol–water partition coefficient (Wildman–Crippen LogP) is 3.32. The summed E-state index contributed by atoms with van der Waals surface area (Å²) in [6.45, 7) is 3.41. The summed E-state index contributed by atoms with van der Waals surface area (Å²) >= 11 is 0. The lowest BCUT2D eigenvalue weighted by Crippen LogP contribution is -2.34. The van der Waals surface area contributed by atoms with E-state index in [1.54, 1.807) is 12.3 Å². The molecular formula is C20H18N2O3. The van der Waals surface area contributed by atoms with Crippen molar-refractivity contribution in [3.05, 3.63) is 58.6 Å². The second kappa shape index (κ2) is 5.43. The van der Waals surface area contributed by atoms with Gasteiger partial charge in [0, 0.05) is 36.0 Å². The molecule has 1 saturated carbocycles. The Kier molecular flexibility index (Phi) is 3.18. The first kappa shape index (κ1) is 14.7. The minimum atomic E-state index is -0.0879. The normalized spacial score (nSPS) is 20.8. The molecule has 0 bridgehead atoms. The fourth-order valence-corrected chi connectivity index (χ4v) is 3.54. The lowest BCUT2D eigenvalue weighted by Gasteiger charge is -2.30. The highest BCUT2D eigenvalue weighted by Gasteiger charge is 2.36. The maximum absolute atomic E-state index is 12.8. The molecule has 1 fully saturated rings. The van der Waals surface area contributed by atoms with E-state index in [1.165, 1.54) is 12.8 Å². The lowest BCUT2D eigenvalue weighted by atomic mass is 10.00. The summed E-state index contributed by atoms with van der Waals surface area (Å²) in [6.07, 6.45) is 5.87. The minimum Gasteiger partial charge on any atom is -0.477 e. The molecule has 5 heteroatoms. The number of ether oxygens (including phenoxy) is 2. The third kappa shape index (κ3) is 2.43. The standard InChI is InChI=1S/C20H18N2O3/c1-12-19-13(10-22(11-24-19)15-5-6-15)8-16-18(23)17(25-20(12)16)9-14-4-2-3-7-21-14/h2-4,7-9,15H,5-6,10-11H2,1H3/b17-9-. The van der Waals surface area contributed by atoms with Gasteiger partial charge in [0.25, 0.3) is 0 Å². The first-order chi connectivity index (χ1) is 12.2. The number of aromatic nitrogens is 1. The number of rotatable bonds is 2. The molecule has 0 amide bonds. The third-order valence-electron chi connectivity index (χ3n) is 4.99. The lowest BCUT2D eigenvalue weighted by molar-refractivity contribution is 0.0872. The van der Waals surface area contributed by atoms with Gasteiger partial charge in [-0.1, -0.05) is 6.07 Å². The molecule has 1 aromatic carbocycles.